The summed E-state index contributed by atoms with van der Waals surface area (Å²) in [6, 6.07) is -4.46. The van der Waals surface area contributed by atoms with E-state index in [0.29, 0.717) is 23.6 Å². The van der Waals surface area contributed by atoms with E-state index in [9.17, 15) is 44.6 Å². The lowest BCUT2D eigenvalue weighted by atomic mass is 9.68. The van der Waals surface area contributed by atoms with E-state index in [1.807, 2.05) is 0 Å². The first-order valence-corrected chi connectivity index (χ1v) is 9.35. The average Bonchev–Trinajstić information content (AvgIpc) is 2.68. The first kappa shape index (κ1) is 27.0. The molecule has 1 N–H and O–H groups in total. The highest BCUT2D eigenvalue weighted by atomic mass is 19.4. The van der Waals surface area contributed by atoms with Crippen molar-refractivity contribution in [2.45, 2.75) is 62.5 Å². The van der Waals surface area contributed by atoms with E-state index < -0.39 is 77.8 Å². The van der Waals surface area contributed by atoms with Gasteiger partial charge in [0.15, 0.2) is 5.82 Å². The van der Waals surface area contributed by atoms with Crippen LogP contribution in [0.1, 0.15) is 32.5 Å². The smallest absolute Gasteiger partial charge is 0.387 e. The first-order valence-electron chi connectivity index (χ1n) is 9.35. The van der Waals surface area contributed by atoms with Crippen LogP contribution in [0, 0.1) is 0 Å². The lowest BCUT2D eigenvalue weighted by Gasteiger charge is -2.37. The van der Waals surface area contributed by atoms with Crippen molar-refractivity contribution in [1.29, 1.82) is 0 Å². The Labute approximate surface area is 183 Å². The summed E-state index contributed by atoms with van der Waals surface area (Å²) in [7, 11) is 6.78. The van der Waals surface area contributed by atoms with Crippen molar-refractivity contribution >= 4 is 25.3 Å². The van der Waals surface area contributed by atoms with E-state index in [2.05, 4.69) is 15.0 Å². The van der Waals surface area contributed by atoms with Crippen LogP contribution in [0.15, 0.2) is 5.83 Å². The predicted octanol–water partition coefficient (Wildman–Crippen LogP) is 3.61. The van der Waals surface area contributed by atoms with Gasteiger partial charge in [0, 0.05) is 26.1 Å². The summed E-state index contributed by atoms with van der Waals surface area (Å²) >= 11 is 0. The highest BCUT2D eigenvalue weighted by molar-refractivity contribution is 6.18. The van der Waals surface area contributed by atoms with Crippen LogP contribution in [0.4, 0.5) is 51.4 Å². The maximum Gasteiger partial charge on any atom is 0.408 e. The Morgan fingerprint density at radius 2 is 1.30 bits per heavy atom. The molecule has 33 heavy (non-hydrogen) atoms. The van der Waals surface area contributed by atoms with E-state index >= 15 is 0 Å². The number of alkyl halides is 8. The summed E-state index contributed by atoms with van der Waals surface area (Å²) in [5.41, 5.74) is -4.57. The molecule has 0 saturated carbocycles. The molecule has 2 radical (unpaired) electrons. The standard InChI is InChI=1S/C17H19BF9N5O/c1-7(16(22,23)24)31(3)12-28-11(9-5-6-14(20,21)15(18,33)10(9)19)29-13(30-12)32(4)8(2)17(25,26)27/h7-8,33H,5-6H2,1-4H3/t7-,8-,15+/m1/s1. The van der Waals surface area contributed by atoms with Gasteiger partial charge in [-0.1, -0.05) is 0 Å². The van der Waals surface area contributed by atoms with E-state index in [-0.39, 0.29) is 0 Å². The Bertz CT molecular complexity index is 875. The molecular formula is C17H19BF9N5O. The molecule has 1 aromatic heterocycles. The van der Waals surface area contributed by atoms with Crippen LogP contribution < -0.4 is 9.80 Å². The van der Waals surface area contributed by atoms with Crippen molar-refractivity contribution in [1.82, 2.24) is 15.0 Å². The summed E-state index contributed by atoms with van der Waals surface area (Å²) in [6.45, 7) is 1.43. The van der Waals surface area contributed by atoms with Crippen molar-refractivity contribution < 1.29 is 44.6 Å². The van der Waals surface area contributed by atoms with Gasteiger partial charge in [0.05, 0.1) is 0 Å². The lowest BCUT2D eigenvalue weighted by molar-refractivity contribution is -0.144. The predicted molar refractivity (Wildman–Crippen MR) is 101 cm³/mol. The Hall–Kier alpha value is -2.26. The molecule has 1 aliphatic carbocycles. The molecule has 184 valence electrons. The number of anilines is 2. The summed E-state index contributed by atoms with van der Waals surface area (Å²) in [4.78, 5) is 11.8. The van der Waals surface area contributed by atoms with Crippen LogP contribution in [0.2, 0.25) is 0 Å². The van der Waals surface area contributed by atoms with E-state index in [1.165, 1.54) is 0 Å². The van der Waals surface area contributed by atoms with Gasteiger partial charge in [0.25, 0.3) is 5.92 Å². The molecule has 0 bridgehead atoms. The number of halogens is 9. The molecule has 3 atom stereocenters. The fourth-order valence-electron chi connectivity index (χ4n) is 2.77. The molecule has 0 saturated heterocycles. The second kappa shape index (κ2) is 8.51. The Morgan fingerprint density at radius 1 is 0.909 bits per heavy atom. The maximum absolute atomic E-state index is 14.7. The number of allylic oxidation sites excluding steroid dienone is 1. The summed E-state index contributed by atoms with van der Waals surface area (Å²) < 4.78 is 121. The molecule has 1 aromatic rings. The topological polar surface area (TPSA) is 65.4 Å². The third-order valence-corrected chi connectivity index (χ3v) is 5.47. The largest absolute Gasteiger partial charge is 0.408 e. The Kier molecular flexibility index (Phi) is 6.96. The zero-order valence-corrected chi connectivity index (χ0v) is 17.7. The van der Waals surface area contributed by atoms with Crippen molar-refractivity contribution in [2.24, 2.45) is 0 Å². The minimum atomic E-state index is -4.80. The third-order valence-electron chi connectivity index (χ3n) is 5.47. The van der Waals surface area contributed by atoms with Gasteiger partial charge < -0.3 is 14.9 Å². The van der Waals surface area contributed by atoms with Crippen molar-refractivity contribution in [3.8, 4) is 0 Å². The van der Waals surface area contributed by atoms with Gasteiger partial charge >= 0.3 is 12.4 Å². The minimum absolute atomic E-state index is 0.450. The van der Waals surface area contributed by atoms with Crippen LogP contribution in [-0.2, 0) is 0 Å². The quantitative estimate of drug-likeness (QED) is 0.502. The van der Waals surface area contributed by atoms with Crippen LogP contribution in [0.25, 0.3) is 5.57 Å². The SMILES string of the molecule is [B][C@]1(O)C(F)=C(c2nc(N(C)[C@H](C)C(F)(F)F)nc(N(C)[C@H](C)C(F)(F)F)n2)CCC1(F)F. The molecule has 0 unspecified atom stereocenters. The number of aromatic nitrogens is 3. The second-order valence-electron chi connectivity index (χ2n) is 7.68. The minimum Gasteiger partial charge on any atom is -0.387 e. The summed E-state index contributed by atoms with van der Waals surface area (Å²) in [5, 5.41) is 9.75. The molecular weight excluding hydrogens is 472 g/mol. The monoisotopic (exact) mass is 491 g/mol. The van der Waals surface area contributed by atoms with Crippen LogP contribution in [-0.4, -0.2) is 77.9 Å². The van der Waals surface area contributed by atoms with Gasteiger partial charge in [-0.3, -0.25) is 0 Å². The molecule has 2 rings (SSSR count). The Balaban J connectivity index is 2.71. The zero-order valence-electron chi connectivity index (χ0n) is 17.7. The Morgan fingerprint density at radius 3 is 1.67 bits per heavy atom. The lowest BCUT2D eigenvalue weighted by Crippen LogP contribution is -2.51. The van der Waals surface area contributed by atoms with E-state index in [0.717, 1.165) is 14.1 Å². The number of nitrogens with zero attached hydrogens (tertiary/aromatic N) is 5. The van der Waals surface area contributed by atoms with Gasteiger partial charge in [0.1, 0.15) is 31.3 Å². The molecule has 16 heteroatoms. The second-order valence-corrected chi connectivity index (χ2v) is 7.68. The fraction of sp³-hybridized carbons (Fsp3) is 0.706. The van der Waals surface area contributed by atoms with Gasteiger partial charge in [-0.15, -0.1) is 0 Å². The number of hydrogen-bond donors (Lipinski definition) is 1. The molecule has 0 amide bonds. The van der Waals surface area contributed by atoms with Crippen molar-refractivity contribution in [3.05, 3.63) is 11.7 Å². The van der Waals surface area contributed by atoms with Crippen LogP contribution in [0.5, 0.6) is 0 Å². The van der Waals surface area contributed by atoms with Crippen molar-refractivity contribution in [2.75, 3.05) is 23.9 Å². The average molecular weight is 491 g/mol. The maximum atomic E-state index is 14.7. The number of hydrogen-bond acceptors (Lipinski definition) is 6. The third kappa shape index (κ3) is 5.14. The molecule has 0 aliphatic heterocycles. The normalized spacial score (nSPS) is 23.3. The first-order chi connectivity index (χ1) is 14.7. The molecule has 6 nitrogen and oxygen atoms in total. The summed E-state index contributed by atoms with van der Waals surface area (Å²) in [6.07, 6.45) is -11.6. The van der Waals surface area contributed by atoms with E-state index in [4.69, 9.17) is 7.85 Å². The highest BCUT2D eigenvalue weighted by Crippen LogP contribution is 2.46. The molecule has 0 fully saturated rings. The van der Waals surface area contributed by atoms with Gasteiger partial charge in [-0.05, 0) is 20.3 Å². The zero-order chi connectivity index (χ0) is 25.7. The van der Waals surface area contributed by atoms with Gasteiger partial charge in [-0.25, -0.2) is 13.2 Å². The summed E-state index contributed by atoms with van der Waals surface area (Å²) in [5.74, 6) is -8.50. The van der Waals surface area contributed by atoms with E-state index in [1.54, 1.807) is 0 Å². The van der Waals surface area contributed by atoms with Gasteiger partial charge in [0.2, 0.25) is 11.9 Å². The molecule has 0 spiro atoms. The molecule has 1 aliphatic rings. The highest BCUT2D eigenvalue weighted by Gasteiger charge is 2.55. The fourth-order valence-corrected chi connectivity index (χ4v) is 2.77. The van der Waals surface area contributed by atoms with Gasteiger partial charge in [-0.2, -0.15) is 41.3 Å². The van der Waals surface area contributed by atoms with Crippen LogP contribution in [0.3, 0.4) is 0 Å². The van der Waals surface area contributed by atoms with Crippen molar-refractivity contribution in [3.63, 3.8) is 0 Å². The molecule has 1 heterocycles. The number of rotatable bonds is 5. The van der Waals surface area contributed by atoms with Crippen LogP contribution >= 0.6 is 0 Å². The molecule has 0 aromatic carbocycles. The number of aliphatic hydroxyl groups is 1.